The summed E-state index contributed by atoms with van der Waals surface area (Å²) in [4.78, 5) is 8.64. The summed E-state index contributed by atoms with van der Waals surface area (Å²) in [7, 11) is 1.54. The molecule has 1 atom stereocenters. The molecule has 2 aromatic carbocycles. The maximum atomic E-state index is 13.6. The number of benzene rings is 2. The average molecular weight is 472 g/mol. The molecule has 0 radical (unpaired) electrons. The fraction of sp³-hybridized carbons (Fsp3) is 0.261. The average Bonchev–Trinajstić information content (AvgIpc) is 3.47. The van der Waals surface area contributed by atoms with Crippen LogP contribution in [-0.4, -0.2) is 39.9 Å². The first kappa shape index (κ1) is 24.1. The molecular weight excluding hydrogens is 448 g/mol. The molecule has 1 fully saturated rings. The standard InChI is InChI=1S/C23H23FN7O.K/c1-32-19-7-6-16(24)10-18(19)27-11-14-2-4-15(5-3-14)21-20-22(25)28-13-29-23(20)31(30-21)17-8-9-26-12-17;/h2-7,10,13,17,26H,8-9,11-12H2,1H3,(H2,25,28,29);/q-1;+1. The number of ether oxygens (including phenoxy) is 1. The van der Waals surface area contributed by atoms with Gasteiger partial charge in [0.2, 0.25) is 0 Å². The Bertz CT molecular complexity index is 1260. The molecule has 2 aromatic heterocycles. The zero-order chi connectivity index (χ0) is 22.1. The molecule has 164 valence electrons. The number of fused-ring (bicyclic) bond motifs is 1. The van der Waals surface area contributed by atoms with E-state index in [1.807, 2.05) is 28.9 Å². The monoisotopic (exact) mass is 471 g/mol. The minimum absolute atomic E-state index is 0. The summed E-state index contributed by atoms with van der Waals surface area (Å²) >= 11 is 0. The maximum absolute atomic E-state index is 13.6. The van der Waals surface area contributed by atoms with Crippen molar-refractivity contribution in [2.75, 3.05) is 25.9 Å². The number of methoxy groups -OCH3 is 1. The van der Waals surface area contributed by atoms with Crippen molar-refractivity contribution in [3.8, 4) is 17.0 Å². The first-order valence-electron chi connectivity index (χ1n) is 10.4. The van der Waals surface area contributed by atoms with Gasteiger partial charge in [-0.3, -0.25) is 0 Å². The van der Waals surface area contributed by atoms with Crippen molar-refractivity contribution in [3.05, 3.63) is 65.5 Å². The molecule has 3 N–H and O–H groups in total. The van der Waals surface area contributed by atoms with Crippen LogP contribution < -0.4 is 67.2 Å². The molecule has 0 spiro atoms. The number of nitrogens with one attached hydrogen (secondary N) is 1. The van der Waals surface area contributed by atoms with Crippen LogP contribution in [0, 0.1) is 5.82 Å². The normalized spacial score (nSPS) is 15.4. The molecule has 1 aliphatic heterocycles. The molecule has 5 rings (SSSR count). The van der Waals surface area contributed by atoms with Gasteiger partial charge in [-0.1, -0.05) is 35.5 Å². The van der Waals surface area contributed by atoms with Crippen molar-refractivity contribution in [3.63, 3.8) is 0 Å². The van der Waals surface area contributed by atoms with Gasteiger partial charge in [-0.05, 0) is 31.2 Å². The summed E-state index contributed by atoms with van der Waals surface area (Å²) in [5.74, 6) is 0.607. The second-order valence-electron chi connectivity index (χ2n) is 7.73. The van der Waals surface area contributed by atoms with E-state index in [1.54, 1.807) is 13.2 Å². The van der Waals surface area contributed by atoms with Crippen LogP contribution in [0.2, 0.25) is 0 Å². The summed E-state index contributed by atoms with van der Waals surface area (Å²) < 4.78 is 20.8. The number of nitrogen functional groups attached to an aromatic ring is 1. The fourth-order valence-electron chi connectivity index (χ4n) is 4.03. The van der Waals surface area contributed by atoms with Gasteiger partial charge in [0.15, 0.2) is 5.65 Å². The second-order valence-corrected chi connectivity index (χ2v) is 7.73. The van der Waals surface area contributed by atoms with Crippen molar-refractivity contribution in [2.45, 2.75) is 19.0 Å². The predicted octanol–water partition coefficient (Wildman–Crippen LogP) is 0.967. The van der Waals surface area contributed by atoms with Crippen LogP contribution in [0.25, 0.3) is 27.6 Å². The predicted molar refractivity (Wildman–Crippen MR) is 121 cm³/mol. The smallest absolute Gasteiger partial charge is 0.678 e. The van der Waals surface area contributed by atoms with Gasteiger partial charge in [-0.15, -0.1) is 6.54 Å². The van der Waals surface area contributed by atoms with E-state index in [-0.39, 0.29) is 63.2 Å². The molecule has 8 nitrogen and oxygen atoms in total. The molecule has 1 saturated heterocycles. The summed E-state index contributed by atoms with van der Waals surface area (Å²) in [6.07, 6.45) is 2.47. The second kappa shape index (κ2) is 10.5. The van der Waals surface area contributed by atoms with Gasteiger partial charge in [0.05, 0.1) is 18.5 Å². The maximum Gasteiger partial charge on any atom is 1.00 e. The largest absolute Gasteiger partial charge is 1.00 e. The third kappa shape index (κ3) is 4.91. The quantitative estimate of drug-likeness (QED) is 0.406. The summed E-state index contributed by atoms with van der Waals surface area (Å²) in [6.45, 7) is 2.20. The molecule has 3 heterocycles. The Labute approximate surface area is 233 Å². The molecule has 1 unspecified atom stereocenters. The van der Waals surface area contributed by atoms with Crippen LogP contribution in [0.15, 0.2) is 48.8 Å². The van der Waals surface area contributed by atoms with E-state index in [0.29, 0.717) is 23.8 Å². The number of aromatic nitrogens is 4. The van der Waals surface area contributed by atoms with Crippen LogP contribution in [0.3, 0.4) is 0 Å². The molecule has 4 aromatic rings. The number of anilines is 1. The fourth-order valence-corrected chi connectivity index (χ4v) is 4.03. The molecule has 0 saturated carbocycles. The number of nitrogens with two attached hydrogens (primary N) is 1. The van der Waals surface area contributed by atoms with E-state index in [9.17, 15) is 4.39 Å². The molecular formula is C23H23FKN7O. The minimum atomic E-state index is -0.348. The van der Waals surface area contributed by atoms with Crippen LogP contribution in [0.4, 0.5) is 15.9 Å². The molecule has 0 aliphatic carbocycles. The van der Waals surface area contributed by atoms with Crippen LogP contribution >= 0.6 is 0 Å². The van der Waals surface area contributed by atoms with Crippen molar-refractivity contribution in [1.29, 1.82) is 0 Å². The van der Waals surface area contributed by atoms with E-state index in [2.05, 4.69) is 20.6 Å². The van der Waals surface area contributed by atoms with Crippen molar-refractivity contribution >= 4 is 22.5 Å². The first-order chi connectivity index (χ1) is 15.6. The Morgan fingerprint density at radius 3 is 2.76 bits per heavy atom. The molecule has 1 aliphatic rings. The van der Waals surface area contributed by atoms with Gasteiger partial charge in [0.25, 0.3) is 0 Å². The Balaban J connectivity index is 0.00000259. The summed E-state index contributed by atoms with van der Waals surface area (Å²) in [6, 6.07) is 12.5. The zero-order valence-corrected chi connectivity index (χ0v) is 21.7. The third-order valence-corrected chi connectivity index (χ3v) is 5.70. The van der Waals surface area contributed by atoms with Gasteiger partial charge >= 0.3 is 51.4 Å². The topological polar surface area (TPSA) is 105 Å². The molecule has 0 amide bonds. The summed E-state index contributed by atoms with van der Waals surface area (Å²) in [5, 5.41) is 13.5. The van der Waals surface area contributed by atoms with Gasteiger partial charge in [0, 0.05) is 12.1 Å². The van der Waals surface area contributed by atoms with Crippen molar-refractivity contribution in [1.82, 2.24) is 25.1 Å². The van der Waals surface area contributed by atoms with Crippen LogP contribution in [0.5, 0.6) is 5.75 Å². The number of rotatable bonds is 6. The third-order valence-electron chi connectivity index (χ3n) is 5.70. The van der Waals surface area contributed by atoms with E-state index >= 15 is 0 Å². The number of hydrogen-bond donors (Lipinski definition) is 2. The molecule has 33 heavy (non-hydrogen) atoms. The van der Waals surface area contributed by atoms with E-state index in [4.69, 9.17) is 15.6 Å². The van der Waals surface area contributed by atoms with E-state index in [1.165, 1.54) is 18.5 Å². The SMILES string of the molecule is COc1ccc(F)cc1[N-]Cc1ccc(-c2nn(C3CCNC3)c3ncnc(N)c23)cc1.[K+]. The number of nitrogens with zero attached hydrogens (tertiary/aromatic N) is 5. The molecule has 0 bridgehead atoms. The Morgan fingerprint density at radius 2 is 2.03 bits per heavy atom. The molecule has 10 heteroatoms. The van der Waals surface area contributed by atoms with Crippen LogP contribution in [0.1, 0.15) is 18.0 Å². The van der Waals surface area contributed by atoms with Gasteiger partial charge < -0.3 is 21.1 Å². The summed E-state index contributed by atoms with van der Waals surface area (Å²) in [5.41, 5.74) is 10.1. The Hall–Kier alpha value is -2.08. The minimum Gasteiger partial charge on any atom is -0.678 e. The van der Waals surface area contributed by atoms with Crippen molar-refractivity contribution < 1.29 is 60.5 Å². The zero-order valence-electron chi connectivity index (χ0n) is 18.6. The van der Waals surface area contributed by atoms with Gasteiger partial charge in [-0.2, -0.15) is 5.10 Å². The number of halogens is 1. The van der Waals surface area contributed by atoms with Crippen molar-refractivity contribution in [2.24, 2.45) is 0 Å². The van der Waals surface area contributed by atoms with E-state index < -0.39 is 0 Å². The first-order valence-corrected chi connectivity index (χ1v) is 10.4. The van der Waals surface area contributed by atoms with Crippen LogP contribution in [-0.2, 0) is 6.54 Å². The Kier molecular flexibility index (Phi) is 7.62. The Morgan fingerprint density at radius 1 is 1.21 bits per heavy atom. The van der Waals surface area contributed by atoms with Gasteiger partial charge in [0.1, 0.15) is 29.4 Å². The van der Waals surface area contributed by atoms with E-state index in [0.717, 1.165) is 47.4 Å². The van der Waals surface area contributed by atoms with Gasteiger partial charge in [-0.25, -0.2) is 19.0 Å². The number of hydrogen-bond acceptors (Lipinski definition) is 6.